The van der Waals surface area contributed by atoms with Gasteiger partial charge in [-0.05, 0) is 6.92 Å². The first-order valence-electron chi connectivity index (χ1n) is 3.26. The highest BCUT2D eigenvalue weighted by Gasteiger charge is 2.47. The fraction of sp³-hybridized carbons (Fsp3) is 0.800. The topological polar surface area (TPSA) is 80.7 Å². The van der Waals surface area contributed by atoms with Gasteiger partial charge in [-0.25, -0.2) is 0 Å². The van der Waals surface area contributed by atoms with Crippen LogP contribution in [0.1, 0.15) is 6.92 Å². The van der Waals surface area contributed by atoms with Gasteiger partial charge < -0.3 is 5.11 Å². The number of hydrogen-bond donors (Lipinski definition) is 1. The van der Waals surface area contributed by atoms with Crippen LogP contribution in [0.2, 0.25) is 0 Å². The average Bonchev–Trinajstić information content (AvgIpc) is 1.97. The van der Waals surface area contributed by atoms with Crippen molar-refractivity contribution in [2.24, 2.45) is 5.92 Å². The van der Waals surface area contributed by atoms with Gasteiger partial charge >= 0.3 is 21.6 Å². The van der Waals surface area contributed by atoms with Crippen LogP contribution in [-0.4, -0.2) is 31.6 Å². The molecule has 1 unspecified atom stereocenters. The van der Waals surface area contributed by atoms with Crippen LogP contribution in [0.3, 0.4) is 0 Å². The van der Waals surface area contributed by atoms with Gasteiger partial charge in [-0.15, -0.1) is 0 Å². The number of alkyl halides is 3. The molecule has 0 fully saturated rings. The molecule has 0 heterocycles. The molecule has 0 radical (unpaired) electrons. The minimum absolute atomic E-state index is 1.02. The highest BCUT2D eigenvalue weighted by molar-refractivity contribution is 7.87. The zero-order valence-electron chi connectivity index (χ0n) is 6.91. The molecule has 84 valence electrons. The monoisotopic (exact) mass is 236 g/mol. The van der Waals surface area contributed by atoms with Crippen LogP contribution < -0.4 is 0 Å². The number of carboxylic acid groups (broad SMARTS) is 1. The zero-order chi connectivity index (χ0) is 11.6. The van der Waals surface area contributed by atoms with E-state index in [4.69, 9.17) is 5.11 Å². The van der Waals surface area contributed by atoms with Crippen LogP contribution in [0.4, 0.5) is 13.2 Å². The minimum atomic E-state index is -5.69. The van der Waals surface area contributed by atoms with Crippen LogP contribution in [0.25, 0.3) is 0 Å². The van der Waals surface area contributed by atoms with Gasteiger partial charge in [0.2, 0.25) is 0 Å². The molecule has 0 aliphatic heterocycles. The fourth-order valence-electron chi connectivity index (χ4n) is 0.330. The molecule has 0 aliphatic rings. The minimum Gasteiger partial charge on any atom is -0.481 e. The van der Waals surface area contributed by atoms with Gasteiger partial charge in [-0.1, -0.05) is 0 Å². The number of aliphatic carboxylic acids is 1. The van der Waals surface area contributed by atoms with Crippen molar-refractivity contribution in [3.05, 3.63) is 0 Å². The van der Waals surface area contributed by atoms with Crippen molar-refractivity contribution in [3.63, 3.8) is 0 Å². The molecule has 0 spiro atoms. The normalized spacial score (nSPS) is 15.1. The second-order valence-electron chi connectivity index (χ2n) is 2.42. The van der Waals surface area contributed by atoms with Gasteiger partial charge in [-0.3, -0.25) is 8.98 Å². The molecule has 0 aromatic heterocycles. The molecule has 0 rings (SSSR count). The Morgan fingerprint density at radius 1 is 1.50 bits per heavy atom. The Morgan fingerprint density at radius 3 is 2.21 bits per heavy atom. The summed E-state index contributed by atoms with van der Waals surface area (Å²) in [6.07, 6.45) is 0. The van der Waals surface area contributed by atoms with Crippen LogP contribution in [0.15, 0.2) is 0 Å². The molecule has 1 N–H and O–H groups in total. The molecular formula is C5H7F3O5S. The number of carbonyl (C=O) groups is 1. The molecule has 14 heavy (non-hydrogen) atoms. The first-order valence-corrected chi connectivity index (χ1v) is 4.67. The highest BCUT2D eigenvalue weighted by Crippen LogP contribution is 2.24. The third kappa shape index (κ3) is 3.50. The van der Waals surface area contributed by atoms with Gasteiger partial charge in [-0.2, -0.15) is 21.6 Å². The smallest absolute Gasteiger partial charge is 0.481 e. The number of rotatable bonds is 4. The van der Waals surface area contributed by atoms with Crippen molar-refractivity contribution in [1.29, 1.82) is 0 Å². The van der Waals surface area contributed by atoms with E-state index in [2.05, 4.69) is 4.18 Å². The lowest BCUT2D eigenvalue weighted by molar-refractivity contribution is -0.142. The third-order valence-corrected chi connectivity index (χ3v) is 2.19. The molecule has 0 saturated carbocycles. The second-order valence-corrected chi connectivity index (χ2v) is 4.03. The molecule has 5 nitrogen and oxygen atoms in total. The molecule has 0 amide bonds. The molecule has 0 saturated heterocycles. The molecule has 0 bridgehead atoms. The maximum absolute atomic E-state index is 11.6. The Bertz CT molecular complexity index is 306. The molecule has 9 heteroatoms. The first kappa shape index (κ1) is 13.2. The van der Waals surface area contributed by atoms with Crippen LogP contribution in [0.5, 0.6) is 0 Å². The molecule has 0 aromatic carbocycles. The van der Waals surface area contributed by atoms with E-state index in [1.807, 2.05) is 0 Å². The van der Waals surface area contributed by atoms with E-state index in [9.17, 15) is 26.4 Å². The van der Waals surface area contributed by atoms with E-state index in [-0.39, 0.29) is 0 Å². The zero-order valence-corrected chi connectivity index (χ0v) is 7.72. The lowest BCUT2D eigenvalue weighted by Gasteiger charge is -2.09. The Balaban J connectivity index is 4.36. The number of carboxylic acids is 1. The summed E-state index contributed by atoms with van der Waals surface area (Å²) in [5, 5.41) is 8.23. The molecule has 0 aliphatic carbocycles. The summed E-state index contributed by atoms with van der Waals surface area (Å²) in [5.41, 5.74) is -5.52. The van der Waals surface area contributed by atoms with Gasteiger partial charge in [0.25, 0.3) is 0 Å². The van der Waals surface area contributed by atoms with Crippen LogP contribution in [-0.2, 0) is 19.1 Å². The van der Waals surface area contributed by atoms with Gasteiger partial charge in [0.1, 0.15) is 0 Å². The van der Waals surface area contributed by atoms with Gasteiger partial charge in [0.15, 0.2) is 0 Å². The first-order chi connectivity index (χ1) is 6.08. The Labute approximate surface area is 77.6 Å². The molecular weight excluding hydrogens is 229 g/mol. The quantitative estimate of drug-likeness (QED) is 0.570. The molecule has 1 atom stereocenters. The largest absolute Gasteiger partial charge is 0.523 e. The number of hydrogen-bond acceptors (Lipinski definition) is 4. The molecule has 0 aromatic rings. The van der Waals surface area contributed by atoms with Crippen molar-refractivity contribution >= 4 is 16.1 Å². The average molecular weight is 236 g/mol. The fourth-order valence-corrected chi connectivity index (χ4v) is 0.847. The summed E-state index contributed by atoms with van der Waals surface area (Å²) < 4.78 is 58.8. The highest BCUT2D eigenvalue weighted by atomic mass is 32.2. The van der Waals surface area contributed by atoms with Gasteiger partial charge in [0, 0.05) is 0 Å². The third-order valence-electron chi connectivity index (χ3n) is 1.18. The number of halogens is 3. The predicted octanol–water partition coefficient (Wildman–Crippen LogP) is 0.573. The van der Waals surface area contributed by atoms with E-state index < -0.39 is 34.1 Å². The summed E-state index contributed by atoms with van der Waals surface area (Å²) in [5.74, 6) is -2.77. The Hall–Kier alpha value is -0.830. The van der Waals surface area contributed by atoms with E-state index in [0.29, 0.717) is 0 Å². The Kier molecular flexibility index (Phi) is 3.89. The summed E-state index contributed by atoms with van der Waals surface area (Å²) in [6.45, 7) is -0.0224. The SMILES string of the molecule is CC(COS(=O)(=O)C(F)(F)F)C(=O)O. The van der Waals surface area contributed by atoms with E-state index in [0.717, 1.165) is 6.92 Å². The van der Waals surface area contributed by atoms with Crippen molar-refractivity contribution in [2.45, 2.75) is 12.4 Å². The summed E-state index contributed by atoms with van der Waals surface area (Å²) in [7, 11) is -5.69. The summed E-state index contributed by atoms with van der Waals surface area (Å²) in [4.78, 5) is 10.1. The second kappa shape index (κ2) is 4.13. The van der Waals surface area contributed by atoms with Crippen molar-refractivity contribution in [2.75, 3.05) is 6.61 Å². The Morgan fingerprint density at radius 2 is 1.93 bits per heavy atom. The van der Waals surface area contributed by atoms with Crippen LogP contribution >= 0.6 is 0 Å². The predicted molar refractivity (Wildman–Crippen MR) is 37.7 cm³/mol. The maximum Gasteiger partial charge on any atom is 0.523 e. The summed E-state index contributed by atoms with van der Waals surface area (Å²) in [6, 6.07) is 0. The van der Waals surface area contributed by atoms with E-state index in [1.54, 1.807) is 0 Å². The van der Waals surface area contributed by atoms with Crippen LogP contribution in [0, 0.1) is 5.92 Å². The van der Waals surface area contributed by atoms with Crippen molar-refractivity contribution in [3.8, 4) is 0 Å². The lowest BCUT2D eigenvalue weighted by Crippen LogP contribution is -2.28. The standard InChI is InChI=1S/C5H7F3O5S/c1-3(4(9)10)2-13-14(11,12)5(6,7)8/h3H,2H2,1H3,(H,9,10). The summed E-state index contributed by atoms with van der Waals surface area (Å²) >= 11 is 0. The van der Waals surface area contributed by atoms with E-state index >= 15 is 0 Å². The van der Waals surface area contributed by atoms with Crippen molar-refractivity contribution < 1.29 is 35.7 Å². The van der Waals surface area contributed by atoms with Crippen molar-refractivity contribution in [1.82, 2.24) is 0 Å². The maximum atomic E-state index is 11.6. The van der Waals surface area contributed by atoms with E-state index in [1.165, 1.54) is 0 Å². The lowest BCUT2D eigenvalue weighted by atomic mass is 10.2. The van der Waals surface area contributed by atoms with Gasteiger partial charge in [0.05, 0.1) is 12.5 Å².